The third kappa shape index (κ3) is 3.62. The molecule has 1 amide bonds. The highest BCUT2D eigenvalue weighted by atomic mass is 16.6. The van der Waals surface area contributed by atoms with Gasteiger partial charge in [-0.3, -0.25) is 4.79 Å². The van der Waals surface area contributed by atoms with Crippen LogP contribution in [-0.4, -0.2) is 39.8 Å². The smallest absolute Gasteiger partial charge is 0.410 e. The van der Waals surface area contributed by atoms with E-state index in [2.05, 4.69) is 0 Å². The van der Waals surface area contributed by atoms with Crippen molar-refractivity contribution in [2.45, 2.75) is 65.1 Å². The van der Waals surface area contributed by atoms with Crippen molar-refractivity contribution in [3.63, 3.8) is 0 Å². The zero-order valence-electron chi connectivity index (χ0n) is 11.8. The first-order chi connectivity index (χ1) is 8.11. The van der Waals surface area contributed by atoms with Crippen LogP contribution in [0, 0.1) is 5.92 Å². The maximum absolute atomic E-state index is 12.1. The number of aliphatic carboxylic acids is 1. The molecule has 0 unspecified atom stereocenters. The number of piperidine rings is 1. The van der Waals surface area contributed by atoms with E-state index in [1.807, 2.05) is 34.6 Å². The van der Waals surface area contributed by atoms with Gasteiger partial charge in [-0.05, 0) is 47.5 Å². The second-order valence-electron chi connectivity index (χ2n) is 6.09. The van der Waals surface area contributed by atoms with E-state index < -0.39 is 11.6 Å². The molecule has 5 heteroatoms. The third-order valence-corrected chi connectivity index (χ3v) is 3.15. The molecule has 1 fully saturated rings. The van der Waals surface area contributed by atoms with Gasteiger partial charge >= 0.3 is 12.1 Å². The van der Waals surface area contributed by atoms with E-state index in [1.54, 1.807) is 4.90 Å². The molecule has 0 saturated carbocycles. The van der Waals surface area contributed by atoms with Gasteiger partial charge in [0, 0.05) is 12.1 Å². The van der Waals surface area contributed by atoms with Crippen molar-refractivity contribution in [3.8, 4) is 0 Å². The lowest BCUT2D eigenvalue weighted by Crippen LogP contribution is -2.52. The second kappa shape index (κ2) is 5.16. The molecular formula is C13H23NO4. The summed E-state index contributed by atoms with van der Waals surface area (Å²) in [5.74, 6) is -1.15. The molecule has 18 heavy (non-hydrogen) atoms. The monoisotopic (exact) mass is 257 g/mol. The van der Waals surface area contributed by atoms with Gasteiger partial charge < -0.3 is 14.7 Å². The van der Waals surface area contributed by atoms with Gasteiger partial charge in [0.15, 0.2) is 0 Å². The van der Waals surface area contributed by atoms with Crippen LogP contribution in [0.4, 0.5) is 4.79 Å². The first-order valence-corrected chi connectivity index (χ1v) is 6.36. The van der Waals surface area contributed by atoms with Gasteiger partial charge in [0.25, 0.3) is 0 Å². The molecule has 1 N–H and O–H groups in total. The number of amides is 1. The number of carboxylic acids is 1. The molecule has 0 aliphatic carbocycles. The van der Waals surface area contributed by atoms with Crippen LogP contribution in [-0.2, 0) is 9.53 Å². The van der Waals surface area contributed by atoms with Crippen molar-refractivity contribution in [1.29, 1.82) is 0 Å². The van der Waals surface area contributed by atoms with Gasteiger partial charge in [-0.15, -0.1) is 0 Å². The van der Waals surface area contributed by atoms with Crippen LogP contribution in [0.15, 0.2) is 0 Å². The van der Waals surface area contributed by atoms with Gasteiger partial charge in [-0.2, -0.15) is 0 Å². The average Bonchev–Trinajstić information content (AvgIpc) is 2.12. The predicted molar refractivity (Wildman–Crippen MR) is 67.4 cm³/mol. The van der Waals surface area contributed by atoms with Crippen LogP contribution in [0.5, 0.6) is 0 Å². The number of hydrogen-bond acceptors (Lipinski definition) is 3. The largest absolute Gasteiger partial charge is 0.481 e. The number of likely N-dealkylation sites (tertiary alicyclic amines) is 1. The SMILES string of the molecule is C[C@@H]1C[C@H](C(=O)O)C[C@H](C)N1C(=O)OC(C)(C)C. The van der Waals surface area contributed by atoms with Crippen LogP contribution in [0.25, 0.3) is 0 Å². The number of nitrogens with zero attached hydrogens (tertiary/aromatic N) is 1. The first-order valence-electron chi connectivity index (χ1n) is 6.36. The topological polar surface area (TPSA) is 66.8 Å². The standard InChI is InChI=1S/C13H23NO4/c1-8-6-10(11(15)16)7-9(2)14(8)12(17)18-13(3,4)5/h8-10H,6-7H2,1-5H3,(H,15,16)/t8-,9+,10+. The Balaban J connectivity index is 2.73. The molecule has 104 valence electrons. The van der Waals surface area contributed by atoms with Crippen LogP contribution in [0.3, 0.4) is 0 Å². The van der Waals surface area contributed by atoms with Crippen LogP contribution in [0.1, 0.15) is 47.5 Å². The second-order valence-corrected chi connectivity index (χ2v) is 6.09. The minimum Gasteiger partial charge on any atom is -0.481 e. The quantitative estimate of drug-likeness (QED) is 0.783. The normalized spacial score (nSPS) is 28.9. The average molecular weight is 257 g/mol. The van der Waals surface area contributed by atoms with Gasteiger partial charge in [0.05, 0.1) is 5.92 Å². The summed E-state index contributed by atoms with van der Waals surface area (Å²) in [5.41, 5.74) is -0.528. The van der Waals surface area contributed by atoms with Crippen molar-refractivity contribution in [2.75, 3.05) is 0 Å². The number of carbonyl (C=O) groups is 2. The van der Waals surface area contributed by atoms with E-state index in [0.29, 0.717) is 12.8 Å². The van der Waals surface area contributed by atoms with Crippen LogP contribution in [0.2, 0.25) is 0 Å². The molecule has 1 rings (SSSR count). The van der Waals surface area contributed by atoms with Crippen LogP contribution < -0.4 is 0 Å². The van der Waals surface area contributed by atoms with Gasteiger partial charge in [0.2, 0.25) is 0 Å². The van der Waals surface area contributed by atoms with E-state index in [1.165, 1.54) is 0 Å². The Morgan fingerprint density at radius 3 is 1.94 bits per heavy atom. The fourth-order valence-corrected chi connectivity index (χ4v) is 2.46. The maximum atomic E-state index is 12.1. The van der Waals surface area contributed by atoms with Crippen molar-refractivity contribution in [1.82, 2.24) is 4.90 Å². The number of ether oxygens (including phenoxy) is 1. The Bertz CT molecular complexity index is 322. The molecule has 0 radical (unpaired) electrons. The van der Waals surface area contributed by atoms with Crippen molar-refractivity contribution in [3.05, 3.63) is 0 Å². The highest BCUT2D eigenvalue weighted by molar-refractivity contribution is 5.72. The molecule has 0 aromatic carbocycles. The molecular weight excluding hydrogens is 234 g/mol. The van der Waals surface area contributed by atoms with Crippen molar-refractivity contribution >= 4 is 12.1 Å². The zero-order chi connectivity index (χ0) is 14.1. The lowest BCUT2D eigenvalue weighted by Gasteiger charge is -2.41. The minimum atomic E-state index is -0.780. The molecule has 1 heterocycles. The summed E-state index contributed by atoms with van der Waals surface area (Å²) < 4.78 is 5.35. The lowest BCUT2D eigenvalue weighted by molar-refractivity contribution is -0.144. The number of rotatable bonds is 1. The Morgan fingerprint density at radius 1 is 1.17 bits per heavy atom. The van der Waals surface area contributed by atoms with Crippen molar-refractivity contribution in [2.24, 2.45) is 5.92 Å². The van der Waals surface area contributed by atoms with E-state index in [4.69, 9.17) is 9.84 Å². The summed E-state index contributed by atoms with van der Waals surface area (Å²) in [4.78, 5) is 24.7. The van der Waals surface area contributed by atoms with E-state index in [9.17, 15) is 9.59 Å². The Morgan fingerprint density at radius 2 is 1.61 bits per heavy atom. The van der Waals surface area contributed by atoms with Crippen LogP contribution >= 0.6 is 0 Å². The summed E-state index contributed by atoms with van der Waals surface area (Å²) in [6.45, 7) is 9.21. The fourth-order valence-electron chi connectivity index (χ4n) is 2.46. The Hall–Kier alpha value is -1.26. The van der Waals surface area contributed by atoms with Crippen molar-refractivity contribution < 1.29 is 19.4 Å². The van der Waals surface area contributed by atoms with Gasteiger partial charge in [-0.1, -0.05) is 0 Å². The highest BCUT2D eigenvalue weighted by Crippen LogP contribution is 2.29. The zero-order valence-corrected chi connectivity index (χ0v) is 11.8. The maximum Gasteiger partial charge on any atom is 0.410 e. The number of hydrogen-bond donors (Lipinski definition) is 1. The summed E-state index contributed by atoms with van der Waals surface area (Å²) in [6.07, 6.45) is 0.615. The van der Waals surface area contributed by atoms with Gasteiger partial charge in [0.1, 0.15) is 5.60 Å². The van der Waals surface area contributed by atoms with E-state index in [-0.39, 0.29) is 24.1 Å². The first kappa shape index (κ1) is 14.8. The summed E-state index contributed by atoms with van der Waals surface area (Å²) >= 11 is 0. The molecule has 1 aliphatic heterocycles. The lowest BCUT2D eigenvalue weighted by atomic mass is 9.87. The predicted octanol–water partition coefficient (Wildman–Crippen LogP) is 2.50. The Labute approximate surface area is 108 Å². The summed E-state index contributed by atoms with van der Waals surface area (Å²) in [5, 5.41) is 9.05. The molecule has 0 aromatic rings. The molecule has 0 spiro atoms. The molecule has 5 nitrogen and oxygen atoms in total. The molecule has 1 saturated heterocycles. The molecule has 0 bridgehead atoms. The Kier molecular flexibility index (Phi) is 4.24. The summed E-state index contributed by atoms with van der Waals surface area (Å²) in [7, 11) is 0. The number of carbonyl (C=O) groups excluding carboxylic acids is 1. The van der Waals surface area contributed by atoms with Gasteiger partial charge in [-0.25, -0.2) is 4.79 Å². The van der Waals surface area contributed by atoms with E-state index >= 15 is 0 Å². The van der Waals surface area contributed by atoms with E-state index in [0.717, 1.165) is 0 Å². The highest BCUT2D eigenvalue weighted by Gasteiger charge is 2.38. The fraction of sp³-hybridized carbons (Fsp3) is 0.846. The molecule has 1 aliphatic rings. The molecule has 3 atom stereocenters. The number of carboxylic acid groups (broad SMARTS) is 1. The third-order valence-electron chi connectivity index (χ3n) is 3.15. The minimum absolute atomic E-state index is 0.107. The summed E-state index contributed by atoms with van der Waals surface area (Å²) in [6, 6.07) is -0.214. The molecule has 0 aromatic heterocycles.